The van der Waals surface area contributed by atoms with Crippen molar-refractivity contribution in [2.24, 2.45) is 5.73 Å². The fraction of sp³-hybridized carbons (Fsp3) is 0.900. The van der Waals surface area contributed by atoms with Crippen LogP contribution >= 0.6 is 0 Å². The smallest absolute Gasteiger partial charge is 0.237 e. The van der Waals surface area contributed by atoms with Gasteiger partial charge in [0.15, 0.2) is 0 Å². The number of nitrogens with two attached hydrogens (primary N) is 1. The summed E-state index contributed by atoms with van der Waals surface area (Å²) in [6.45, 7) is 4.63. The minimum atomic E-state index is -0.370. The molecular formula is C10H22N2O2. The van der Waals surface area contributed by atoms with Crippen LogP contribution in [-0.2, 0) is 9.53 Å². The molecule has 0 aromatic heterocycles. The molecule has 3 N–H and O–H groups in total. The lowest BCUT2D eigenvalue weighted by molar-refractivity contribution is -0.123. The van der Waals surface area contributed by atoms with E-state index in [1.807, 2.05) is 13.8 Å². The van der Waals surface area contributed by atoms with Crippen LogP contribution < -0.4 is 11.1 Å². The van der Waals surface area contributed by atoms with Crippen LogP contribution in [0.25, 0.3) is 0 Å². The van der Waals surface area contributed by atoms with Crippen LogP contribution in [0.3, 0.4) is 0 Å². The summed E-state index contributed by atoms with van der Waals surface area (Å²) in [4.78, 5) is 11.4. The largest absolute Gasteiger partial charge is 0.385 e. The quantitative estimate of drug-likeness (QED) is 0.637. The van der Waals surface area contributed by atoms with Gasteiger partial charge in [0, 0.05) is 19.8 Å². The van der Waals surface area contributed by atoms with E-state index in [1.54, 1.807) is 7.11 Å². The van der Waals surface area contributed by atoms with Crippen LogP contribution in [0.15, 0.2) is 0 Å². The van der Waals surface area contributed by atoms with Gasteiger partial charge in [0.1, 0.15) is 0 Å². The van der Waals surface area contributed by atoms with Gasteiger partial charge in [-0.2, -0.15) is 0 Å². The molecule has 0 aliphatic heterocycles. The molecule has 0 aromatic carbocycles. The highest BCUT2D eigenvalue weighted by molar-refractivity contribution is 5.81. The van der Waals surface area contributed by atoms with Gasteiger partial charge in [0.05, 0.1) is 6.04 Å². The second-order valence-corrected chi connectivity index (χ2v) is 3.59. The first-order chi connectivity index (χ1) is 6.61. The first kappa shape index (κ1) is 13.4. The Hall–Kier alpha value is -0.610. The summed E-state index contributed by atoms with van der Waals surface area (Å²) in [5.74, 6) is -0.0598. The summed E-state index contributed by atoms with van der Waals surface area (Å²) >= 11 is 0. The number of rotatable bonds is 7. The van der Waals surface area contributed by atoms with E-state index >= 15 is 0 Å². The van der Waals surface area contributed by atoms with Gasteiger partial charge in [-0.15, -0.1) is 0 Å². The van der Waals surface area contributed by atoms with Crippen LogP contribution in [-0.4, -0.2) is 31.7 Å². The van der Waals surface area contributed by atoms with Gasteiger partial charge in [-0.05, 0) is 19.8 Å². The van der Waals surface area contributed by atoms with Crippen LogP contribution in [0.2, 0.25) is 0 Å². The molecule has 0 fully saturated rings. The minimum absolute atomic E-state index is 0.0598. The van der Waals surface area contributed by atoms with E-state index in [0.29, 0.717) is 6.61 Å². The first-order valence-electron chi connectivity index (χ1n) is 5.16. The Morgan fingerprint density at radius 3 is 2.64 bits per heavy atom. The number of carbonyl (C=O) groups excluding carboxylic acids is 1. The first-order valence-corrected chi connectivity index (χ1v) is 5.16. The summed E-state index contributed by atoms with van der Waals surface area (Å²) in [7, 11) is 1.65. The predicted octanol–water partition coefficient (Wildman–Crippen LogP) is 0.655. The minimum Gasteiger partial charge on any atom is -0.385 e. The lowest BCUT2D eigenvalue weighted by Crippen LogP contribution is -2.44. The topological polar surface area (TPSA) is 64.4 Å². The van der Waals surface area contributed by atoms with Crippen molar-refractivity contribution in [3.8, 4) is 0 Å². The van der Waals surface area contributed by atoms with Crippen molar-refractivity contribution in [2.75, 3.05) is 13.7 Å². The summed E-state index contributed by atoms with van der Waals surface area (Å²) < 4.78 is 4.92. The molecule has 84 valence electrons. The van der Waals surface area contributed by atoms with E-state index in [0.717, 1.165) is 19.3 Å². The molecule has 0 bridgehead atoms. The highest BCUT2D eigenvalue weighted by atomic mass is 16.5. The molecule has 0 aliphatic carbocycles. The monoisotopic (exact) mass is 202 g/mol. The molecule has 0 rings (SSSR count). The fourth-order valence-electron chi connectivity index (χ4n) is 1.16. The van der Waals surface area contributed by atoms with E-state index in [4.69, 9.17) is 10.5 Å². The second kappa shape index (κ2) is 7.76. The molecular weight excluding hydrogens is 180 g/mol. The second-order valence-electron chi connectivity index (χ2n) is 3.59. The van der Waals surface area contributed by atoms with Gasteiger partial charge >= 0.3 is 0 Å². The molecule has 0 saturated carbocycles. The molecule has 1 amide bonds. The molecule has 0 aromatic rings. The van der Waals surface area contributed by atoms with E-state index in [1.165, 1.54) is 0 Å². The molecule has 14 heavy (non-hydrogen) atoms. The lowest BCUT2D eigenvalue weighted by atomic mass is 10.1. The molecule has 0 spiro atoms. The number of ether oxygens (including phenoxy) is 1. The number of nitrogens with one attached hydrogen (secondary N) is 1. The lowest BCUT2D eigenvalue weighted by Gasteiger charge is -2.16. The maximum atomic E-state index is 11.4. The van der Waals surface area contributed by atoms with Crippen molar-refractivity contribution < 1.29 is 9.53 Å². The van der Waals surface area contributed by atoms with Crippen LogP contribution in [0.1, 0.15) is 33.1 Å². The SMILES string of the molecule is CCC[C@H](N)C(=O)NC(C)CCOC. The molecule has 0 radical (unpaired) electrons. The molecule has 4 nitrogen and oxygen atoms in total. The average molecular weight is 202 g/mol. The van der Waals surface area contributed by atoms with Crippen molar-refractivity contribution in [1.82, 2.24) is 5.32 Å². The Morgan fingerprint density at radius 1 is 1.50 bits per heavy atom. The number of hydrogen-bond donors (Lipinski definition) is 2. The van der Waals surface area contributed by atoms with Crippen molar-refractivity contribution >= 4 is 5.91 Å². The molecule has 0 heterocycles. The van der Waals surface area contributed by atoms with Crippen LogP contribution in [0.5, 0.6) is 0 Å². The zero-order valence-corrected chi connectivity index (χ0v) is 9.38. The van der Waals surface area contributed by atoms with Gasteiger partial charge < -0.3 is 15.8 Å². The maximum absolute atomic E-state index is 11.4. The van der Waals surface area contributed by atoms with Gasteiger partial charge in [-0.3, -0.25) is 4.79 Å². The summed E-state index contributed by atoms with van der Waals surface area (Å²) in [6, 6.07) is -0.240. The number of carbonyl (C=O) groups is 1. The summed E-state index contributed by atoms with van der Waals surface area (Å²) in [5, 5.41) is 2.86. The highest BCUT2D eigenvalue weighted by Gasteiger charge is 2.14. The van der Waals surface area contributed by atoms with Gasteiger partial charge in [0.25, 0.3) is 0 Å². The third-order valence-corrected chi connectivity index (χ3v) is 2.08. The molecule has 0 saturated heterocycles. The molecule has 2 atom stereocenters. The zero-order valence-electron chi connectivity index (χ0n) is 9.38. The average Bonchev–Trinajstić information content (AvgIpc) is 2.15. The van der Waals surface area contributed by atoms with Crippen molar-refractivity contribution in [3.05, 3.63) is 0 Å². The standard InChI is InChI=1S/C10H22N2O2/c1-4-5-9(11)10(13)12-8(2)6-7-14-3/h8-9H,4-7,11H2,1-3H3,(H,12,13)/t8?,9-/m0/s1. The van der Waals surface area contributed by atoms with Crippen molar-refractivity contribution in [3.63, 3.8) is 0 Å². The van der Waals surface area contributed by atoms with Gasteiger partial charge in [0.2, 0.25) is 5.91 Å². The fourth-order valence-corrected chi connectivity index (χ4v) is 1.16. The van der Waals surface area contributed by atoms with Gasteiger partial charge in [-0.25, -0.2) is 0 Å². The molecule has 1 unspecified atom stereocenters. The summed E-state index contributed by atoms with van der Waals surface area (Å²) in [5.41, 5.74) is 5.66. The Bertz CT molecular complexity index is 162. The predicted molar refractivity (Wildman–Crippen MR) is 57.0 cm³/mol. The number of amides is 1. The Morgan fingerprint density at radius 2 is 2.14 bits per heavy atom. The van der Waals surface area contributed by atoms with Crippen LogP contribution in [0.4, 0.5) is 0 Å². The van der Waals surface area contributed by atoms with E-state index in [-0.39, 0.29) is 18.0 Å². The van der Waals surface area contributed by atoms with Crippen LogP contribution in [0, 0.1) is 0 Å². The Kier molecular flexibility index (Phi) is 7.42. The number of methoxy groups -OCH3 is 1. The molecule has 0 aliphatic rings. The summed E-state index contributed by atoms with van der Waals surface area (Å²) in [6.07, 6.45) is 2.49. The third kappa shape index (κ3) is 5.94. The third-order valence-electron chi connectivity index (χ3n) is 2.08. The Balaban J connectivity index is 3.69. The molecule has 4 heteroatoms. The maximum Gasteiger partial charge on any atom is 0.237 e. The van der Waals surface area contributed by atoms with E-state index < -0.39 is 0 Å². The van der Waals surface area contributed by atoms with Crippen molar-refractivity contribution in [1.29, 1.82) is 0 Å². The van der Waals surface area contributed by atoms with Crippen molar-refractivity contribution in [2.45, 2.75) is 45.2 Å². The number of hydrogen-bond acceptors (Lipinski definition) is 3. The Labute approximate surface area is 86.2 Å². The zero-order chi connectivity index (χ0) is 11.0. The normalized spacial score (nSPS) is 14.9. The van der Waals surface area contributed by atoms with E-state index in [2.05, 4.69) is 5.32 Å². The van der Waals surface area contributed by atoms with Gasteiger partial charge in [-0.1, -0.05) is 13.3 Å². The highest BCUT2D eigenvalue weighted by Crippen LogP contribution is 1.96. The van der Waals surface area contributed by atoms with E-state index in [9.17, 15) is 4.79 Å².